The highest BCUT2D eigenvalue weighted by Gasteiger charge is 2.38. The molecule has 1 fully saturated rings. The topological polar surface area (TPSA) is 38.3 Å². The van der Waals surface area contributed by atoms with Crippen molar-refractivity contribution in [3.8, 4) is 5.75 Å². The third kappa shape index (κ3) is 3.98. The van der Waals surface area contributed by atoms with Crippen LogP contribution in [0.4, 0.5) is 0 Å². The molecule has 0 bridgehead atoms. The number of hydrogen-bond donors (Lipinski definition) is 1. The molecule has 0 radical (unpaired) electrons. The molecular weight excluding hydrogens is 238 g/mol. The molecule has 1 N–H and O–H groups in total. The Hall–Kier alpha value is -1.51. The molecule has 19 heavy (non-hydrogen) atoms. The van der Waals surface area contributed by atoms with Crippen molar-refractivity contribution in [1.29, 1.82) is 0 Å². The summed E-state index contributed by atoms with van der Waals surface area (Å²) in [6, 6.07) is 8.32. The number of rotatable bonds is 7. The molecule has 1 saturated carbocycles. The Bertz CT molecular complexity index is 431. The average molecular weight is 261 g/mol. The summed E-state index contributed by atoms with van der Waals surface area (Å²) in [6.07, 6.45) is 2.72. The maximum Gasteiger partial charge on any atom is 0.219 e. The van der Waals surface area contributed by atoms with Gasteiger partial charge < -0.3 is 10.1 Å². The van der Waals surface area contributed by atoms with Crippen LogP contribution in [0, 0.1) is 5.92 Å². The van der Waals surface area contributed by atoms with Gasteiger partial charge in [0.1, 0.15) is 5.75 Å². The number of amides is 1. The van der Waals surface area contributed by atoms with Gasteiger partial charge in [-0.3, -0.25) is 4.79 Å². The summed E-state index contributed by atoms with van der Waals surface area (Å²) < 4.78 is 5.52. The van der Waals surface area contributed by atoms with Gasteiger partial charge in [0, 0.05) is 13.0 Å². The van der Waals surface area contributed by atoms with E-state index in [4.69, 9.17) is 4.74 Å². The summed E-state index contributed by atoms with van der Waals surface area (Å²) in [7, 11) is 0. The van der Waals surface area contributed by atoms with Crippen molar-refractivity contribution in [2.45, 2.75) is 39.0 Å². The van der Waals surface area contributed by atoms with Crippen LogP contribution in [0.5, 0.6) is 5.75 Å². The lowest BCUT2D eigenvalue weighted by atomic mass is 10.1. The first-order chi connectivity index (χ1) is 9.24. The summed E-state index contributed by atoms with van der Waals surface area (Å²) in [5.74, 6) is 2.30. The molecule has 104 valence electrons. The molecule has 2 atom stereocenters. The number of hydrogen-bond acceptors (Lipinski definition) is 2. The van der Waals surface area contributed by atoms with Crippen molar-refractivity contribution in [2.75, 3.05) is 13.2 Å². The quantitative estimate of drug-likeness (QED) is 0.819. The van der Waals surface area contributed by atoms with Crippen LogP contribution in [-0.2, 0) is 4.79 Å². The van der Waals surface area contributed by atoms with E-state index in [2.05, 4.69) is 17.4 Å². The molecule has 1 aromatic carbocycles. The third-order valence-electron chi connectivity index (χ3n) is 3.56. The number of ether oxygens (including phenoxy) is 1. The van der Waals surface area contributed by atoms with Gasteiger partial charge in [-0.05, 0) is 49.3 Å². The summed E-state index contributed by atoms with van der Waals surface area (Å²) in [5.41, 5.74) is 1.33. The smallest absolute Gasteiger partial charge is 0.219 e. The third-order valence-corrected chi connectivity index (χ3v) is 3.56. The van der Waals surface area contributed by atoms with E-state index < -0.39 is 0 Å². The fourth-order valence-electron chi connectivity index (χ4n) is 2.44. The lowest BCUT2D eigenvalue weighted by Crippen LogP contribution is -2.25. The lowest BCUT2D eigenvalue weighted by molar-refractivity contribution is -0.121. The minimum Gasteiger partial charge on any atom is -0.494 e. The van der Waals surface area contributed by atoms with E-state index in [1.165, 1.54) is 12.0 Å². The Morgan fingerprint density at radius 1 is 1.42 bits per heavy atom. The van der Waals surface area contributed by atoms with Gasteiger partial charge in [-0.15, -0.1) is 0 Å². The van der Waals surface area contributed by atoms with Gasteiger partial charge in [0.25, 0.3) is 0 Å². The molecule has 1 aromatic rings. The number of nitrogens with one attached hydrogen (secondary N) is 1. The first-order valence-electron chi connectivity index (χ1n) is 7.24. The molecule has 0 saturated heterocycles. The van der Waals surface area contributed by atoms with E-state index in [0.29, 0.717) is 24.9 Å². The molecule has 0 heterocycles. The Labute approximate surface area is 115 Å². The van der Waals surface area contributed by atoms with Crippen molar-refractivity contribution >= 4 is 5.91 Å². The monoisotopic (exact) mass is 261 g/mol. The van der Waals surface area contributed by atoms with E-state index >= 15 is 0 Å². The predicted molar refractivity (Wildman–Crippen MR) is 76.4 cm³/mol. The van der Waals surface area contributed by atoms with E-state index in [1.807, 2.05) is 26.0 Å². The average Bonchev–Trinajstić information content (AvgIpc) is 3.17. The predicted octanol–water partition coefficient (Wildman–Crippen LogP) is 3.11. The van der Waals surface area contributed by atoms with Gasteiger partial charge in [-0.1, -0.05) is 19.1 Å². The van der Waals surface area contributed by atoms with Crippen LogP contribution in [0.15, 0.2) is 24.3 Å². The molecule has 1 aliphatic carbocycles. The van der Waals surface area contributed by atoms with E-state index in [9.17, 15) is 4.79 Å². The fraction of sp³-hybridized carbons (Fsp3) is 0.562. The second-order valence-corrected chi connectivity index (χ2v) is 5.16. The molecule has 0 spiro atoms. The number of carbonyl (C=O) groups is 1. The zero-order valence-corrected chi connectivity index (χ0v) is 11.8. The maximum absolute atomic E-state index is 11.4. The Kier molecular flexibility index (Phi) is 4.83. The highest BCUT2D eigenvalue weighted by molar-refractivity contribution is 5.75. The summed E-state index contributed by atoms with van der Waals surface area (Å²) >= 11 is 0. The van der Waals surface area contributed by atoms with Crippen molar-refractivity contribution in [2.24, 2.45) is 5.92 Å². The zero-order valence-electron chi connectivity index (χ0n) is 11.8. The van der Waals surface area contributed by atoms with Crippen LogP contribution < -0.4 is 10.1 Å². The molecule has 3 heteroatoms. The second kappa shape index (κ2) is 6.60. The van der Waals surface area contributed by atoms with Crippen molar-refractivity contribution in [3.05, 3.63) is 29.8 Å². The van der Waals surface area contributed by atoms with Crippen LogP contribution in [0.3, 0.4) is 0 Å². The van der Waals surface area contributed by atoms with E-state index in [1.54, 1.807) is 0 Å². The van der Waals surface area contributed by atoms with Crippen LogP contribution in [0.1, 0.15) is 44.6 Å². The minimum absolute atomic E-state index is 0.177. The van der Waals surface area contributed by atoms with Gasteiger partial charge in [-0.2, -0.15) is 0 Å². The largest absolute Gasteiger partial charge is 0.494 e. The molecule has 0 aliphatic heterocycles. The van der Waals surface area contributed by atoms with Gasteiger partial charge in [0.05, 0.1) is 6.61 Å². The first-order valence-corrected chi connectivity index (χ1v) is 7.24. The molecule has 3 nitrogen and oxygen atoms in total. The first kappa shape index (κ1) is 13.9. The molecular formula is C16H23NO2. The number of benzene rings is 1. The normalized spacial score (nSPS) is 20.9. The van der Waals surface area contributed by atoms with Crippen LogP contribution >= 0.6 is 0 Å². The van der Waals surface area contributed by atoms with Crippen LogP contribution in [-0.4, -0.2) is 19.1 Å². The molecule has 1 aliphatic rings. The lowest BCUT2D eigenvalue weighted by Gasteiger charge is -2.06. The van der Waals surface area contributed by atoms with Gasteiger partial charge >= 0.3 is 0 Å². The Balaban J connectivity index is 1.82. The van der Waals surface area contributed by atoms with Crippen LogP contribution in [0.25, 0.3) is 0 Å². The van der Waals surface area contributed by atoms with Gasteiger partial charge in [0.15, 0.2) is 0 Å². The fourth-order valence-corrected chi connectivity index (χ4v) is 2.44. The minimum atomic E-state index is 0.177. The Morgan fingerprint density at radius 3 is 3.00 bits per heavy atom. The van der Waals surface area contributed by atoms with Gasteiger partial charge in [0.2, 0.25) is 5.91 Å². The van der Waals surface area contributed by atoms with E-state index in [-0.39, 0.29) is 5.91 Å². The van der Waals surface area contributed by atoms with E-state index in [0.717, 1.165) is 18.7 Å². The summed E-state index contributed by atoms with van der Waals surface area (Å²) in [6.45, 7) is 5.53. The zero-order chi connectivity index (χ0) is 13.7. The highest BCUT2D eigenvalue weighted by atomic mass is 16.5. The van der Waals surface area contributed by atoms with Crippen LogP contribution in [0.2, 0.25) is 0 Å². The SMILES string of the molecule is CCCC(=O)NCC1CC1c1cccc(OCC)c1. The molecule has 2 rings (SSSR count). The van der Waals surface area contributed by atoms with Gasteiger partial charge in [-0.25, -0.2) is 0 Å². The molecule has 1 amide bonds. The molecule has 2 unspecified atom stereocenters. The van der Waals surface area contributed by atoms with Crippen molar-refractivity contribution in [3.63, 3.8) is 0 Å². The second-order valence-electron chi connectivity index (χ2n) is 5.16. The molecule has 0 aromatic heterocycles. The summed E-state index contributed by atoms with van der Waals surface area (Å²) in [4.78, 5) is 11.4. The standard InChI is InChI=1S/C16H23NO2/c1-3-6-16(18)17-11-13-10-15(13)12-7-5-8-14(9-12)19-4-2/h5,7-9,13,15H,3-4,6,10-11H2,1-2H3,(H,17,18). The highest BCUT2D eigenvalue weighted by Crippen LogP contribution is 2.47. The van der Waals surface area contributed by atoms with Crippen molar-refractivity contribution < 1.29 is 9.53 Å². The maximum atomic E-state index is 11.4. The summed E-state index contributed by atoms with van der Waals surface area (Å²) in [5, 5.41) is 3.01. The Morgan fingerprint density at radius 2 is 2.26 bits per heavy atom. The van der Waals surface area contributed by atoms with Crippen molar-refractivity contribution in [1.82, 2.24) is 5.32 Å². The number of carbonyl (C=O) groups excluding carboxylic acids is 1.